The van der Waals surface area contributed by atoms with Crippen LogP contribution in [0.2, 0.25) is 0 Å². The van der Waals surface area contributed by atoms with Crippen LogP contribution in [-0.4, -0.2) is 57.7 Å². The third-order valence-electron chi connectivity index (χ3n) is 3.87. The number of morpholine rings is 1. The van der Waals surface area contributed by atoms with Crippen molar-refractivity contribution in [3.8, 4) is 11.4 Å². The second kappa shape index (κ2) is 6.76. The van der Waals surface area contributed by atoms with Crippen molar-refractivity contribution in [1.82, 2.24) is 14.9 Å². The molecule has 0 saturated carbocycles. The largest absolute Gasteiger partial charge is 0.479 e. The highest BCUT2D eigenvalue weighted by Gasteiger charge is 2.30. The van der Waals surface area contributed by atoms with Crippen LogP contribution in [0, 0.1) is 6.92 Å². The Morgan fingerprint density at radius 2 is 2.04 bits per heavy atom. The summed E-state index contributed by atoms with van der Waals surface area (Å²) in [5.41, 5.74) is 1.81. The monoisotopic (exact) mass is 327 g/mol. The van der Waals surface area contributed by atoms with E-state index in [1.807, 2.05) is 30.3 Å². The van der Waals surface area contributed by atoms with Gasteiger partial charge >= 0.3 is 5.97 Å². The number of rotatable bonds is 3. The number of hydrogen-bond donors (Lipinski definition) is 1. The van der Waals surface area contributed by atoms with Crippen LogP contribution >= 0.6 is 0 Å². The van der Waals surface area contributed by atoms with Crippen LogP contribution < -0.4 is 0 Å². The predicted octanol–water partition coefficient (Wildman–Crippen LogP) is 1.38. The number of carboxylic acid groups (broad SMARTS) is 1. The summed E-state index contributed by atoms with van der Waals surface area (Å²) in [6, 6.07) is 9.50. The fraction of sp³-hybridized carbons (Fsp3) is 0.294. The van der Waals surface area contributed by atoms with E-state index in [1.165, 1.54) is 11.1 Å². The van der Waals surface area contributed by atoms with Crippen molar-refractivity contribution in [1.29, 1.82) is 0 Å². The summed E-state index contributed by atoms with van der Waals surface area (Å²) in [6.45, 7) is 2.32. The van der Waals surface area contributed by atoms with E-state index in [2.05, 4.69) is 9.97 Å². The predicted molar refractivity (Wildman–Crippen MR) is 85.5 cm³/mol. The van der Waals surface area contributed by atoms with Gasteiger partial charge in [0.05, 0.1) is 24.4 Å². The summed E-state index contributed by atoms with van der Waals surface area (Å²) in [6.07, 6.45) is 0.505. The molecule has 1 aliphatic heterocycles. The molecule has 1 N–H and O–H groups in total. The molecule has 1 atom stereocenters. The molecule has 124 valence electrons. The Morgan fingerprint density at radius 1 is 1.29 bits per heavy atom. The number of nitrogens with zero attached hydrogens (tertiary/aromatic N) is 3. The minimum absolute atomic E-state index is 0.0219. The van der Waals surface area contributed by atoms with Gasteiger partial charge < -0.3 is 14.7 Å². The summed E-state index contributed by atoms with van der Waals surface area (Å²) in [5.74, 6) is -0.795. The van der Waals surface area contributed by atoms with Gasteiger partial charge in [-0.25, -0.2) is 14.8 Å². The Hall–Kier alpha value is -2.80. The first kappa shape index (κ1) is 16.1. The number of carbonyl (C=O) groups excluding carboxylic acids is 1. The minimum Gasteiger partial charge on any atom is -0.479 e. The molecule has 1 aliphatic rings. The van der Waals surface area contributed by atoms with Crippen LogP contribution in [0.1, 0.15) is 16.1 Å². The number of aliphatic carboxylic acids is 1. The van der Waals surface area contributed by atoms with Crippen molar-refractivity contribution in [2.45, 2.75) is 13.0 Å². The van der Waals surface area contributed by atoms with Crippen molar-refractivity contribution in [2.75, 3.05) is 19.7 Å². The average molecular weight is 327 g/mol. The van der Waals surface area contributed by atoms with Gasteiger partial charge in [-0.3, -0.25) is 4.79 Å². The van der Waals surface area contributed by atoms with E-state index in [-0.39, 0.29) is 19.1 Å². The summed E-state index contributed by atoms with van der Waals surface area (Å²) in [5, 5.41) is 9.04. The number of amides is 1. The zero-order chi connectivity index (χ0) is 17.1. The summed E-state index contributed by atoms with van der Waals surface area (Å²) < 4.78 is 5.14. The van der Waals surface area contributed by atoms with E-state index in [9.17, 15) is 9.59 Å². The molecule has 3 rings (SSSR count). The standard InChI is InChI=1S/C17H17N3O4/c1-11-13(9-18-15(19-11)12-5-3-2-4-6-12)16(21)20-7-8-24-14(10-20)17(22)23/h2-6,9,14H,7-8,10H2,1H3,(H,22,23). The van der Waals surface area contributed by atoms with Gasteiger partial charge in [-0.05, 0) is 6.92 Å². The van der Waals surface area contributed by atoms with Crippen LogP contribution in [-0.2, 0) is 9.53 Å². The third kappa shape index (κ3) is 3.26. The van der Waals surface area contributed by atoms with E-state index >= 15 is 0 Å². The van der Waals surface area contributed by atoms with Gasteiger partial charge in [-0.1, -0.05) is 30.3 Å². The van der Waals surface area contributed by atoms with E-state index in [0.29, 0.717) is 23.6 Å². The lowest BCUT2D eigenvalue weighted by Crippen LogP contribution is -2.48. The Balaban J connectivity index is 1.82. The van der Waals surface area contributed by atoms with Gasteiger partial charge in [0.25, 0.3) is 5.91 Å². The Morgan fingerprint density at radius 3 is 2.71 bits per heavy atom. The second-order valence-electron chi connectivity index (χ2n) is 5.51. The molecule has 24 heavy (non-hydrogen) atoms. The van der Waals surface area contributed by atoms with Gasteiger partial charge in [0.15, 0.2) is 11.9 Å². The van der Waals surface area contributed by atoms with Crippen molar-refractivity contribution >= 4 is 11.9 Å². The van der Waals surface area contributed by atoms with E-state index in [1.54, 1.807) is 6.92 Å². The normalized spacial score (nSPS) is 17.5. The first-order chi connectivity index (χ1) is 11.6. The highest BCUT2D eigenvalue weighted by Crippen LogP contribution is 2.17. The quantitative estimate of drug-likeness (QED) is 0.915. The minimum atomic E-state index is -1.07. The second-order valence-corrected chi connectivity index (χ2v) is 5.51. The van der Waals surface area contributed by atoms with Crippen LogP contribution in [0.15, 0.2) is 36.5 Å². The highest BCUT2D eigenvalue weighted by atomic mass is 16.5. The molecule has 2 heterocycles. The molecule has 1 aromatic carbocycles. The van der Waals surface area contributed by atoms with Gasteiger partial charge in [0.2, 0.25) is 0 Å². The lowest BCUT2D eigenvalue weighted by atomic mass is 10.1. The van der Waals surface area contributed by atoms with Crippen LogP contribution in [0.25, 0.3) is 11.4 Å². The molecule has 1 fully saturated rings. The highest BCUT2D eigenvalue weighted by molar-refractivity contribution is 5.95. The number of hydrogen-bond acceptors (Lipinski definition) is 5. The van der Waals surface area contributed by atoms with Crippen LogP contribution in [0.3, 0.4) is 0 Å². The van der Waals surface area contributed by atoms with Crippen LogP contribution in [0.5, 0.6) is 0 Å². The fourth-order valence-electron chi connectivity index (χ4n) is 2.56. The maximum absolute atomic E-state index is 12.6. The lowest BCUT2D eigenvalue weighted by Gasteiger charge is -2.31. The first-order valence-electron chi connectivity index (χ1n) is 7.59. The number of benzene rings is 1. The Bertz CT molecular complexity index is 764. The molecule has 0 spiro atoms. The topological polar surface area (TPSA) is 92.6 Å². The molecule has 1 amide bonds. The Labute approximate surface area is 138 Å². The maximum atomic E-state index is 12.6. The molecule has 7 nitrogen and oxygen atoms in total. The molecule has 0 aliphatic carbocycles. The van der Waals surface area contributed by atoms with Gasteiger partial charge in [-0.15, -0.1) is 0 Å². The smallest absolute Gasteiger partial charge is 0.334 e. The van der Waals surface area contributed by atoms with Crippen molar-refractivity contribution < 1.29 is 19.4 Å². The van der Waals surface area contributed by atoms with E-state index in [0.717, 1.165) is 5.56 Å². The summed E-state index contributed by atoms with van der Waals surface area (Å²) in [7, 11) is 0. The number of carboxylic acids is 1. The summed E-state index contributed by atoms with van der Waals surface area (Å²) >= 11 is 0. The van der Waals surface area contributed by atoms with Gasteiger partial charge in [-0.2, -0.15) is 0 Å². The molecule has 0 radical (unpaired) electrons. The SMILES string of the molecule is Cc1nc(-c2ccccc2)ncc1C(=O)N1CCOC(C(=O)O)C1. The fourth-order valence-corrected chi connectivity index (χ4v) is 2.56. The van der Waals surface area contributed by atoms with Crippen molar-refractivity contribution in [3.63, 3.8) is 0 Å². The zero-order valence-electron chi connectivity index (χ0n) is 13.2. The number of aryl methyl sites for hydroxylation is 1. The molecular weight excluding hydrogens is 310 g/mol. The Kier molecular flexibility index (Phi) is 4.52. The number of ether oxygens (including phenoxy) is 1. The number of carbonyl (C=O) groups is 2. The van der Waals surface area contributed by atoms with Crippen LogP contribution in [0.4, 0.5) is 0 Å². The first-order valence-corrected chi connectivity index (χ1v) is 7.59. The van der Waals surface area contributed by atoms with Crippen molar-refractivity contribution in [3.05, 3.63) is 47.8 Å². The maximum Gasteiger partial charge on any atom is 0.334 e. The van der Waals surface area contributed by atoms with Gasteiger partial charge in [0, 0.05) is 18.3 Å². The third-order valence-corrected chi connectivity index (χ3v) is 3.87. The molecular formula is C17H17N3O4. The average Bonchev–Trinajstić information content (AvgIpc) is 2.62. The number of aromatic nitrogens is 2. The van der Waals surface area contributed by atoms with Gasteiger partial charge in [0.1, 0.15) is 0 Å². The molecule has 2 aromatic rings. The van der Waals surface area contributed by atoms with E-state index in [4.69, 9.17) is 9.84 Å². The molecule has 1 unspecified atom stereocenters. The molecule has 1 aromatic heterocycles. The van der Waals surface area contributed by atoms with E-state index < -0.39 is 12.1 Å². The zero-order valence-corrected chi connectivity index (χ0v) is 13.2. The van der Waals surface area contributed by atoms with Crippen molar-refractivity contribution in [2.24, 2.45) is 0 Å². The lowest BCUT2D eigenvalue weighted by molar-refractivity contribution is -0.154. The molecule has 7 heteroatoms. The molecule has 0 bridgehead atoms. The summed E-state index contributed by atoms with van der Waals surface area (Å²) in [4.78, 5) is 33.8. The molecule has 1 saturated heterocycles.